The van der Waals surface area contributed by atoms with Crippen LogP contribution in [-0.2, 0) is 9.53 Å². The summed E-state index contributed by atoms with van der Waals surface area (Å²) in [6.45, 7) is 4.42. The molecule has 1 aromatic carbocycles. The molecule has 1 heterocycles. The number of hydrogen-bond donors (Lipinski definition) is 2. The standard InChI is InChI=1S/C13H17NO3/c1-8-7-10(15)3-4-12(8)14-13(16)11-5-6-17-9(11)2/h3-4,7,9,11,15H,5-6H2,1-2H3,(H,14,16). The normalized spacial score (nSPS) is 23.6. The summed E-state index contributed by atoms with van der Waals surface area (Å²) in [7, 11) is 0. The SMILES string of the molecule is Cc1cc(O)ccc1NC(=O)C1CCOC1C. The van der Waals surface area contributed by atoms with Gasteiger partial charge in [-0.25, -0.2) is 0 Å². The van der Waals surface area contributed by atoms with Crippen molar-refractivity contribution in [3.63, 3.8) is 0 Å². The molecular formula is C13H17NO3. The van der Waals surface area contributed by atoms with Crippen LogP contribution in [0.5, 0.6) is 5.75 Å². The zero-order valence-electron chi connectivity index (χ0n) is 10.1. The first kappa shape index (κ1) is 11.9. The van der Waals surface area contributed by atoms with Crippen molar-refractivity contribution in [1.82, 2.24) is 0 Å². The van der Waals surface area contributed by atoms with Crippen molar-refractivity contribution in [1.29, 1.82) is 0 Å². The first-order valence-electron chi connectivity index (χ1n) is 5.80. The van der Waals surface area contributed by atoms with E-state index in [0.29, 0.717) is 6.61 Å². The van der Waals surface area contributed by atoms with Crippen LogP contribution in [0, 0.1) is 12.8 Å². The Labute approximate surface area is 101 Å². The molecule has 1 aromatic rings. The minimum absolute atomic E-state index is 0.0104. The van der Waals surface area contributed by atoms with E-state index >= 15 is 0 Å². The van der Waals surface area contributed by atoms with Gasteiger partial charge in [0.25, 0.3) is 0 Å². The molecule has 0 aromatic heterocycles. The fourth-order valence-corrected chi connectivity index (χ4v) is 2.09. The van der Waals surface area contributed by atoms with Crippen LogP contribution in [0.2, 0.25) is 0 Å². The van der Waals surface area contributed by atoms with E-state index in [-0.39, 0.29) is 23.7 Å². The Balaban J connectivity index is 2.07. The third-order valence-electron chi connectivity index (χ3n) is 3.18. The monoisotopic (exact) mass is 235 g/mol. The molecular weight excluding hydrogens is 218 g/mol. The lowest BCUT2D eigenvalue weighted by Gasteiger charge is -2.15. The number of rotatable bonds is 2. The predicted molar refractivity (Wildman–Crippen MR) is 65.0 cm³/mol. The number of nitrogens with one attached hydrogen (secondary N) is 1. The molecule has 1 amide bonds. The highest BCUT2D eigenvalue weighted by atomic mass is 16.5. The van der Waals surface area contributed by atoms with Gasteiger partial charge in [0.1, 0.15) is 5.75 Å². The molecule has 4 heteroatoms. The fourth-order valence-electron chi connectivity index (χ4n) is 2.09. The molecule has 2 atom stereocenters. The van der Waals surface area contributed by atoms with Crippen molar-refractivity contribution in [3.05, 3.63) is 23.8 Å². The molecule has 1 saturated heterocycles. The lowest BCUT2D eigenvalue weighted by molar-refractivity contribution is -0.121. The van der Waals surface area contributed by atoms with E-state index in [2.05, 4.69) is 5.32 Å². The van der Waals surface area contributed by atoms with E-state index in [1.54, 1.807) is 18.2 Å². The topological polar surface area (TPSA) is 58.6 Å². The highest BCUT2D eigenvalue weighted by Gasteiger charge is 2.30. The molecule has 92 valence electrons. The quantitative estimate of drug-likeness (QED) is 0.771. The van der Waals surface area contributed by atoms with E-state index in [9.17, 15) is 9.90 Å². The Kier molecular flexibility index (Phi) is 3.33. The molecule has 0 bridgehead atoms. The number of aryl methyl sites for hydroxylation is 1. The van der Waals surface area contributed by atoms with Gasteiger partial charge in [-0.3, -0.25) is 4.79 Å². The van der Waals surface area contributed by atoms with Crippen molar-refractivity contribution in [3.8, 4) is 5.75 Å². The van der Waals surface area contributed by atoms with Crippen molar-refractivity contribution < 1.29 is 14.6 Å². The Morgan fingerprint density at radius 2 is 2.29 bits per heavy atom. The molecule has 0 spiro atoms. The Morgan fingerprint density at radius 3 is 2.88 bits per heavy atom. The Morgan fingerprint density at radius 1 is 1.53 bits per heavy atom. The van der Waals surface area contributed by atoms with E-state index in [4.69, 9.17) is 4.74 Å². The van der Waals surface area contributed by atoms with Gasteiger partial charge < -0.3 is 15.2 Å². The molecule has 0 radical (unpaired) electrons. The first-order chi connectivity index (χ1) is 8.08. The van der Waals surface area contributed by atoms with Crippen LogP contribution in [0.25, 0.3) is 0 Å². The van der Waals surface area contributed by atoms with Crippen molar-refractivity contribution in [2.24, 2.45) is 5.92 Å². The van der Waals surface area contributed by atoms with Crippen molar-refractivity contribution >= 4 is 11.6 Å². The average Bonchev–Trinajstić information content (AvgIpc) is 2.68. The third-order valence-corrected chi connectivity index (χ3v) is 3.18. The summed E-state index contributed by atoms with van der Waals surface area (Å²) in [6.07, 6.45) is 0.747. The van der Waals surface area contributed by atoms with Crippen molar-refractivity contribution in [2.75, 3.05) is 11.9 Å². The zero-order chi connectivity index (χ0) is 12.4. The number of ether oxygens (including phenoxy) is 1. The molecule has 1 aliphatic heterocycles. The van der Waals surface area contributed by atoms with Gasteiger partial charge >= 0.3 is 0 Å². The van der Waals surface area contributed by atoms with Crippen molar-refractivity contribution in [2.45, 2.75) is 26.4 Å². The van der Waals surface area contributed by atoms with Crippen LogP contribution in [0.15, 0.2) is 18.2 Å². The second-order valence-electron chi connectivity index (χ2n) is 4.46. The molecule has 1 fully saturated rings. The molecule has 2 rings (SSSR count). The molecule has 4 nitrogen and oxygen atoms in total. The molecule has 0 aliphatic carbocycles. The summed E-state index contributed by atoms with van der Waals surface area (Å²) in [5.74, 6) is 0.116. The van der Waals surface area contributed by atoms with Gasteiger partial charge in [-0.15, -0.1) is 0 Å². The second-order valence-corrected chi connectivity index (χ2v) is 4.46. The number of amides is 1. The maximum Gasteiger partial charge on any atom is 0.230 e. The van der Waals surface area contributed by atoms with Gasteiger partial charge in [0, 0.05) is 12.3 Å². The van der Waals surface area contributed by atoms with Crippen LogP contribution < -0.4 is 5.32 Å². The van der Waals surface area contributed by atoms with Gasteiger partial charge in [-0.2, -0.15) is 0 Å². The summed E-state index contributed by atoms with van der Waals surface area (Å²) in [5.41, 5.74) is 1.59. The Hall–Kier alpha value is -1.55. The average molecular weight is 235 g/mol. The lowest BCUT2D eigenvalue weighted by atomic mass is 10.0. The minimum Gasteiger partial charge on any atom is -0.508 e. The summed E-state index contributed by atoms with van der Waals surface area (Å²) in [5, 5.41) is 12.2. The molecule has 1 aliphatic rings. The smallest absolute Gasteiger partial charge is 0.230 e. The number of phenolic OH excluding ortho intramolecular Hbond substituents is 1. The van der Waals surface area contributed by atoms with Gasteiger partial charge in [0.2, 0.25) is 5.91 Å². The summed E-state index contributed by atoms with van der Waals surface area (Å²) < 4.78 is 5.37. The third kappa shape index (κ3) is 2.58. The predicted octanol–water partition coefficient (Wildman–Crippen LogP) is 2.06. The summed E-state index contributed by atoms with van der Waals surface area (Å²) >= 11 is 0. The van der Waals surface area contributed by atoms with Crippen LogP contribution in [0.3, 0.4) is 0 Å². The lowest BCUT2D eigenvalue weighted by Crippen LogP contribution is -2.28. The largest absolute Gasteiger partial charge is 0.508 e. The van der Waals surface area contributed by atoms with Gasteiger partial charge in [0.05, 0.1) is 12.0 Å². The van der Waals surface area contributed by atoms with Crippen LogP contribution in [0.1, 0.15) is 18.9 Å². The fraction of sp³-hybridized carbons (Fsp3) is 0.462. The first-order valence-corrected chi connectivity index (χ1v) is 5.80. The molecule has 0 saturated carbocycles. The summed E-state index contributed by atoms with van der Waals surface area (Å²) in [6, 6.07) is 4.91. The van der Waals surface area contributed by atoms with Crippen LogP contribution in [-0.4, -0.2) is 23.7 Å². The summed E-state index contributed by atoms with van der Waals surface area (Å²) in [4.78, 5) is 12.0. The number of benzene rings is 1. The van der Waals surface area contributed by atoms with Gasteiger partial charge in [-0.05, 0) is 44.0 Å². The number of carbonyl (C=O) groups excluding carboxylic acids is 1. The van der Waals surface area contributed by atoms with Crippen LogP contribution in [0.4, 0.5) is 5.69 Å². The number of phenols is 1. The maximum atomic E-state index is 12.0. The van der Waals surface area contributed by atoms with E-state index < -0.39 is 0 Å². The number of hydrogen-bond acceptors (Lipinski definition) is 3. The minimum atomic E-state index is -0.0804. The van der Waals surface area contributed by atoms with Crippen LogP contribution >= 0.6 is 0 Å². The number of aromatic hydroxyl groups is 1. The zero-order valence-corrected chi connectivity index (χ0v) is 10.1. The maximum absolute atomic E-state index is 12.0. The highest BCUT2D eigenvalue weighted by molar-refractivity contribution is 5.93. The molecule has 17 heavy (non-hydrogen) atoms. The highest BCUT2D eigenvalue weighted by Crippen LogP contribution is 2.24. The van der Waals surface area contributed by atoms with E-state index in [1.807, 2.05) is 13.8 Å². The Bertz CT molecular complexity index is 431. The van der Waals surface area contributed by atoms with Gasteiger partial charge in [-0.1, -0.05) is 0 Å². The molecule has 2 N–H and O–H groups in total. The van der Waals surface area contributed by atoms with E-state index in [0.717, 1.165) is 17.7 Å². The van der Waals surface area contributed by atoms with Gasteiger partial charge in [0.15, 0.2) is 0 Å². The number of carbonyl (C=O) groups is 1. The second kappa shape index (κ2) is 4.75. The molecule has 2 unspecified atom stereocenters. The van der Waals surface area contributed by atoms with E-state index in [1.165, 1.54) is 0 Å². The number of anilines is 1.